The largest absolute Gasteiger partial charge is 0.481 e. The van der Waals surface area contributed by atoms with Gasteiger partial charge in [-0.3, -0.25) is 9.59 Å². The molecule has 120 valence electrons. The van der Waals surface area contributed by atoms with Crippen molar-refractivity contribution in [3.8, 4) is 0 Å². The van der Waals surface area contributed by atoms with Gasteiger partial charge in [-0.25, -0.2) is 0 Å². The van der Waals surface area contributed by atoms with E-state index < -0.39 is 11.9 Å². The Labute approximate surface area is 126 Å². The van der Waals surface area contributed by atoms with Gasteiger partial charge in [0, 0.05) is 12.5 Å². The molecule has 5 heteroatoms. The van der Waals surface area contributed by atoms with E-state index in [0.29, 0.717) is 18.8 Å². The minimum absolute atomic E-state index is 0.0340. The van der Waals surface area contributed by atoms with Crippen molar-refractivity contribution in [2.75, 3.05) is 13.1 Å². The summed E-state index contributed by atoms with van der Waals surface area (Å²) in [6, 6.07) is -0.175. The highest BCUT2D eigenvalue weighted by Gasteiger charge is 2.30. The van der Waals surface area contributed by atoms with Crippen molar-refractivity contribution in [3.05, 3.63) is 0 Å². The summed E-state index contributed by atoms with van der Waals surface area (Å²) < 4.78 is 0. The fourth-order valence-electron chi connectivity index (χ4n) is 3.56. The molecule has 1 aliphatic carbocycles. The molecule has 1 heterocycles. The maximum absolute atomic E-state index is 12.1. The van der Waals surface area contributed by atoms with Crippen molar-refractivity contribution in [3.63, 3.8) is 0 Å². The zero-order valence-electron chi connectivity index (χ0n) is 12.8. The molecule has 0 aromatic carbocycles. The normalized spacial score (nSPS) is 27.8. The molecule has 0 bridgehead atoms. The van der Waals surface area contributed by atoms with Crippen molar-refractivity contribution in [1.82, 2.24) is 10.6 Å². The molecular weight excluding hydrogens is 268 g/mol. The summed E-state index contributed by atoms with van der Waals surface area (Å²) in [7, 11) is 0. The Balaban J connectivity index is 1.77. The smallest absolute Gasteiger partial charge is 0.308 e. The molecule has 1 saturated heterocycles. The van der Waals surface area contributed by atoms with Gasteiger partial charge in [-0.2, -0.15) is 0 Å². The standard InChI is InChI=1S/C16H28N2O3/c19-15(7-6-12-8-10-17-11-9-12)18-14-5-3-1-2-4-13(14)16(20)21/h12-14,17H,1-11H2,(H,18,19)(H,20,21). The lowest BCUT2D eigenvalue weighted by Gasteiger charge is -2.25. The number of hydrogen-bond donors (Lipinski definition) is 3. The molecule has 0 spiro atoms. The number of carboxylic acid groups (broad SMARTS) is 1. The third-order valence-electron chi connectivity index (χ3n) is 4.92. The highest BCUT2D eigenvalue weighted by Crippen LogP contribution is 2.24. The Morgan fingerprint density at radius 1 is 1.05 bits per heavy atom. The predicted octanol–water partition coefficient (Wildman–Crippen LogP) is 1.92. The lowest BCUT2D eigenvalue weighted by atomic mass is 9.92. The van der Waals surface area contributed by atoms with Crippen LogP contribution >= 0.6 is 0 Å². The number of amides is 1. The van der Waals surface area contributed by atoms with Gasteiger partial charge in [0.05, 0.1) is 5.92 Å². The molecule has 2 rings (SSSR count). The maximum atomic E-state index is 12.1. The van der Waals surface area contributed by atoms with Gasteiger partial charge in [-0.05, 0) is 51.1 Å². The fraction of sp³-hybridized carbons (Fsp3) is 0.875. The van der Waals surface area contributed by atoms with Crippen LogP contribution in [0.1, 0.15) is 57.8 Å². The second-order valence-electron chi connectivity index (χ2n) is 6.49. The van der Waals surface area contributed by atoms with Gasteiger partial charge in [-0.15, -0.1) is 0 Å². The van der Waals surface area contributed by atoms with Crippen LogP contribution in [0, 0.1) is 11.8 Å². The zero-order chi connectivity index (χ0) is 15.1. The number of rotatable bonds is 5. The highest BCUT2D eigenvalue weighted by atomic mass is 16.4. The quantitative estimate of drug-likeness (QED) is 0.677. The molecule has 2 aliphatic rings. The van der Waals surface area contributed by atoms with E-state index in [2.05, 4.69) is 10.6 Å². The number of carbonyl (C=O) groups is 2. The summed E-state index contributed by atoms with van der Waals surface area (Å²) in [5.41, 5.74) is 0. The first kappa shape index (κ1) is 16.3. The van der Waals surface area contributed by atoms with Gasteiger partial charge < -0.3 is 15.7 Å². The Morgan fingerprint density at radius 3 is 2.48 bits per heavy atom. The summed E-state index contributed by atoms with van der Waals surface area (Å²) in [4.78, 5) is 23.5. The first-order chi connectivity index (χ1) is 10.2. The van der Waals surface area contributed by atoms with Crippen molar-refractivity contribution >= 4 is 11.9 Å². The van der Waals surface area contributed by atoms with Crippen molar-refractivity contribution in [2.24, 2.45) is 11.8 Å². The summed E-state index contributed by atoms with van der Waals surface area (Å²) >= 11 is 0. The lowest BCUT2D eigenvalue weighted by molar-refractivity contribution is -0.143. The molecule has 1 aliphatic heterocycles. The summed E-state index contributed by atoms with van der Waals surface area (Å²) in [5, 5.41) is 15.6. The van der Waals surface area contributed by atoms with Crippen LogP contribution in [0.4, 0.5) is 0 Å². The van der Waals surface area contributed by atoms with Crippen LogP contribution < -0.4 is 10.6 Å². The van der Waals surface area contributed by atoms with Crippen LogP contribution in [-0.4, -0.2) is 36.1 Å². The lowest BCUT2D eigenvalue weighted by Crippen LogP contribution is -2.43. The average Bonchev–Trinajstić information content (AvgIpc) is 2.72. The SMILES string of the molecule is O=C(CCC1CCNCC1)NC1CCCCCC1C(=O)O. The van der Waals surface area contributed by atoms with E-state index in [1.807, 2.05) is 0 Å². The molecule has 1 saturated carbocycles. The van der Waals surface area contributed by atoms with Crippen molar-refractivity contribution < 1.29 is 14.7 Å². The molecule has 2 unspecified atom stereocenters. The first-order valence-electron chi connectivity index (χ1n) is 8.39. The van der Waals surface area contributed by atoms with E-state index >= 15 is 0 Å². The molecule has 3 N–H and O–H groups in total. The van der Waals surface area contributed by atoms with Crippen LogP contribution in [0.15, 0.2) is 0 Å². The van der Waals surface area contributed by atoms with Crippen LogP contribution in [0.25, 0.3) is 0 Å². The molecule has 0 aromatic rings. The molecule has 1 amide bonds. The Hall–Kier alpha value is -1.10. The minimum atomic E-state index is -0.763. The third-order valence-corrected chi connectivity index (χ3v) is 4.92. The monoisotopic (exact) mass is 296 g/mol. The molecule has 0 radical (unpaired) electrons. The van der Waals surface area contributed by atoms with E-state index in [-0.39, 0.29) is 11.9 Å². The van der Waals surface area contributed by atoms with Gasteiger partial charge in [0.1, 0.15) is 0 Å². The van der Waals surface area contributed by atoms with Crippen molar-refractivity contribution in [2.45, 2.75) is 63.8 Å². The molecule has 0 aromatic heterocycles. The van der Waals surface area contributed by atoms with E-state index in [0.717, 1.165) is 58.0 Å². The highest BCUT2D eigenvalue weighted by molar-refractivity contribution is 5.78. The topological polar surface area (TPSA) is 78.4 Å². The Morgan fingerprint density at radius 2 is 1.76 bits per heavy atom. The van der Waals surface area contributed by atoms with Gasteiger partial charge in [-0.1, -0.05) is 19.3 Å². The van der Waals surface area contributed by atoms with Crippen LogP contribution in [-0.2, 0) is 9.59 Å². The first-order valence-corrected chi connectivity index (χ1v) is 8.39. The number of carboxylic acids is 1. The fourth-order valence-corrected chi connectivity index (χ4v) is 3.56. The van der Waals surface area contributed by atoms with Crippen molar-refractivity contribution in [1.29, 1.82) is 0 Å². The summed E-state index contributed by atoms with van der Waals surface area (Å²) in [6.45, 7) is 2.10. The van der Waals surface area contributed by atoms with Gasteiger partial charge in [0.2, 0.25) is 5.91 Å². The number of nitrogens with one attached hydrogen (secondary N) is 2. The van der Waals surface area contributed by atoms with Crippen LogP contribution in [0.5, 0.6) is 0 Å². The zero-order valence-corrected chi connectivity index (χ0v) is 12.8. The maximum Gasteiger partial charge on any atom is 0.308 e. The van der Waals surface area contributed by atoms with Crippen LogP contribution in [0.2, 0.25) is 0 Å². The minimum Gasteiger partial charge on any atom is -0.481 e. The molecule has 2 atom stereocenters. The number of hydrogen-bond acceptors (Lipinski definition) is 3. The Kier molecular flexibility index (Phi) is 6.49. The molecular formula is C16H28N2O3. The second kappa shape index (κ2) is 8.37. The predicted molar refractivity (Wildman–Crippen MR) is 81.0 cm³/mol. The number of piperidine rings is 1. The third kappa shape index (κ3) is 5.30. The van der Waals surface area contributed by atoms with E-state index in [9.17, 15) is 14.7 Å². The molecule has 2 fully saturated rings. The van der Waals surface area contributed by atoms with E-state index in [1.54, 1.807) is 0 Å². The number of aliphatic carboxylic acids is 1. The average molecular weight is 296 g/mol. The van der Waals surface area contributed by atoms with E-state index in [4.69, 9.17) is 0 Å². The Bertz CT molecular complexity index is 353. The van der Waals surface area contributed by atoms with Gasteiger partial charge >= 0.3 is 5.97 Å². The molecule has 21 heavy (non-hydrogen) atoms. The van der Waals surface area contributed by atoms with Gasteiger partial charge in [0.15, 0.2) is 0 Å². The van der Waals surface area contributed by atoms with Crippen LogP contribution in [0.3, 0.4) is 0 Å². The summed E-state index contributed by atoms with van der Waals surface area (Å²) in [5.74, 6) is -0.496. The van der Waals surface area contributed by atoms with Gasteiger partial charge in [0.25, 0.3) is 0 Å². The van der Waals surface area contributed by atoms with E-state index in [1.165, 1.54) is 0 Å². The summed E-state index contributed by atoms with van der Waals surface area (Å²) in [6.07, 6.45) is 8.30. The molecule has 5 nitrogen and oxygen atoms in total. The second-order valence-corrected chi connectivity index (χ2v) is 6.49. The number of carbonyl (C=O) groups excluding carboxylic acids is 1.